The topological polar surface area (TPSA) is 76.7 Å². The van der Waals surface area contributed by atoms with Gasteiger partial charge >= 0.3 is 12.0 Å². The average Bonchev–Trinajstić information content (AvgIpc) is 2.56. The Balaban J connectivity index is 1.82. The molecule has 0 saturated heterocycles. The van der Waals surface area contributed by atoms with Crippen LogP contribution in [0.3, 0.4) is 0 Å². The van der Waals surface area contributed by atoms with E-state index in [1.807, 2.05) is 0 Å². The number of esters is 1. The Labute approximate surface area is 138 Å². The highest BCUT2D eigenvalue weighted by Crippen LogP contribution is 2.15. The molecule has 2 amide bonds. The van der Waals surface area contributed by atoms with Gasteiger partial charge in [0.25, 0.3) is 0 Å². The van der Waals surface area contributed by atoms with Gasteiger partial charge in [0.05, 0.1) is 12.7 Å². The fourth-order valence-electron chi connectivity index (χ4n) is 1.73. The number of halogens is 1. The zero-order valence-electron chi connectivity index (χ0n) is 12.3. The lowest BCUT2D eigenvalue weighted by molar-refractivity contribution is 0.0600. The first-order valence-corrected chi connectivity index (χ1v) is 7.08. The summed E-state index contributed by atoms with van der Waals surface area (Å²) in [5.41, 5.74) is 0.819. The zero-order valence-corrected chi connectivity index (χ0v) is 13.1. The van der Waals surface area contributed by atoms with Gasteiger partial charge in [-0.05, 0) is 42.5 Å². The number of benzene rings is 2. The van der Waals surface area contributed by atoms with Gasteiger partial charge in [-0.3, -0.25) is 0 Å². The van der Waals surface area contributed by atoms with Gasteiger partial charge in [-0.1, -0.05) is 17.7 Å². The second kappa shape index (κ2) is 8.05. The number of nitrogens with one attached hydrogen (secondary N) is 2. The molecule has 0 radical (unpaired) electrons. The first kappa shape index (κ1) is 16.6. The van der Waals surface area contributed by atoms with E-state index in [2.05, 4.69) is 15.4 Å². The smallest absolute Gasteiger partial charge is 0.337 e. The van der Waals surface area contributed by atoms with Crippen molar-refractivity contribution in [3.05, 3.63) is 59.1 Å². The number of carbonyl (C=O) groups is 2. The van der Waals surface area contributed by atoms with Crippen molar-refractivity contribution in [1.29, 1.82) is 0 Å². The number of anilines is 1. The Morgan fingerprint density at radius 3 is 2.57 bits per heavy atom. The van der Waals surface area contributed by atoms with E-state index in [4.69, 9.17) is 16.3 Å². The zero-order chi connectivity index (χ0) is 16.7. The Bertz CT molecular complexity index is 689. The second-order valence-electron chi connectivity index (χ2n) is 4.45. The van der Waals surface area contributed by atoms with Crippen molar-refractivity contribution in [2.24, 2.45) is 0 Å². The minimum Gasteiger partial charge on any atom is -0.473 e. The minimum atomic E-state index is -0.472. The lowest BCUT2D eigenvalue weighted by atomic mass is 10.2. The van der Waals surface area contributed by atoms with Crippen LogP contribution in [0, 0.1) is 0 Å². The molecule has 0 spiro atoms. The van der Waals surface area contributed by atoms with E-state index in [-0.39, 0.29) is 6.73 Å². The Morgan fingerprint density at radius 1 is 1.13 bits per heavy atom. The molecule has 2 N–H and O–H groups in total. The monoisotopic (exact) mass is 334 g/mol. The van der Waals surface area contributed by atoms with Crippen LogP contribution in [-0.2, 0) is 4.74 Å². The molecule has 0 heterocycles. The fraction of sp³-hybridized carbons (Fsp3) is 0.125. The van der Waals surface area contributed by atoms with Crippen LogP contribution in [0.25, 0.3) is 0 Å². The van der Waals surface area contributed by atoms with Gasteiger partial charge in [0.2, 0.25) is 0 Å². The number of urea groups is 1. The quantitative estimate of drug-likeness (QED) is 0.650. The van der Waals surface area contributed by atoms with Crippen LogP contribution in [0.1, 0.15) is 10.4 Å². The van der Waals surface area contributed by atoms with Crippen molar-refractivity contribution in [1.82, 2.24) is 5.32 Å². The first-order valence-electron chi connectivity index (χ1n) is 6.70. The van der Waals surface area contributed by atoms with Crippen molar-refractivity contribution < 1.29 is 19.1 Å². The number of amides is 2. The molecule has 0 aromatic heterocycles. The van der Waals surface area contributed by atoms with E-state index in [0.717, 1.165) is 0 Å². The molecule has 120 valence electrons. The van der Waals surface area contributed by atoms with Crippen molar-refractivity contribution in [3.63, 3.8) is 0 Å². The molecule has 0 fully saturated rings. The van der Waals surface area contributed by atoms with Crippen molar-refractivity contribution in [3.8, 4) is 5.75 Å². The summed E-state index contributed by atoms with van der Waals surface area (Å²) in [6, 6.07) is 12.7. The number of carbonyl (C=O) groups excluding carboxylic acids is 2. The molecule has 0 aliphatic heterocycles. The second-order valence-corrected chi connectivity index (χ2v) is 4.88. The van der Waals surface area contributed by atoms with Crippen LogP contribution in [0.15, 0.2) is 48.5 Å². The third kappa shape index (κ3) is 5.19. The maximum Gasteiger partial charge on any atom is 0.337 e. The van der Waals surface area contributed by atoms with Gasteiger partial charge in [-0.2, -0.15) is 0 Å². The van der Waals surface area contributed by atoms with Crippen LogP contribution in [0.2, 0.25) is 5.02 Å². The standard InChI is InChI=1S/C16H15ClN2O4/c1-22-15(20)11-3-2-4-13(9-11)19-16(21)18-10-23-14-7-5-12(17)6-8-14/h2-9H,10H2,1H3,(H2,18,19,21). The van der Waals surface area contributed by atoms with E-state index < -0.39 is 12.0 Å². The Hall–Kier alpha value is -2.73. The van der Waals surface area contributed by atoms with Crippen molar-refractivity contribution in [2.45, 2.75) is 0 Å². The van der Waals surface area contributed by atoms with Crippen LogP contribution in [0.4, 0.5) is 10.5 Å². The summed E-state index contributed by atoms with van der Waals surface area (Å²) >= 11 is 5.76. The summed E-state index contributed by atoms with van der Waals surface area (Å²) < 4.78 is 9.97. The molecule has 0 atom stereocenters. The molecule has 2 rings (SSSR count). The van der Waals surface area contributed by atoms with Gasteiger partial charge in [0, 0.05) is 10.7 Å². The number of hydrogen-bond acceptors (Lipinski definition) is 4. The highest BCUT2D eigenvalue weighted by molar-refractivity contribution is 6.30. The SMILES string of the molecule is COC(=O)c1cccc(NC(=O)NCOc2ccc(Cl)cc2)c1. The summed E-state index contributed by atoms with van der Waals surface area (Å²) in [6.07, 6.45) is 0. The molecule has 0 aliphatic rings. The molecule has 0 bridgehead atoms. The summed E-state index contributed by atoms with van der Waals surface area (Å²) in [7, 11) is 1.29. The molecular formula is C16H15ClN2O4. The van der Waals surface area contributed by atoms with E-state index in [9.17, 15) is 9.59 Å². The normalized spacial score (nSPS) is 9.83. The van der Waals surface area contributed by atoms with Gasteiger partial charge in [-0.15, -0.1) is 0 Å². The van der Waals surface area contributed by atoms with E-state index in [1.54, 1.807) is 42.5 Å². The lowest BCUT2D eigenvalue weighted by Crippen LogP contribution is -2.32. The third-order valence-corrected chi connectivity index (χ3v) is 3.08. The van der Waals surface area contributed by atoms with Gasteiger partial charge in [0.15, 0.2) is 6.73 Å². The molecule has 0 unspecified atom stereocenters. The molecule has 6 nitrogen and oxygen atoms in total. The number of methoxy groups -OCH3 is 1. The predicted molar refractivity (Wildman–Crippen MR) is 86.9 cm³/mol. The molecule has 0 aliphatic carbocycles. The molecule has 7 heteroatoms. The first-order chi connectivity index (χ1) is 11.1. The number of rotatable bonds is 5. The fourth-order valence-corrected chi connectivity index (χ4v) is 1.86. The molecule has 0 saturated carbocycles. The van der Waals surface area contributed by atoms with Crippen LogP contribution in [0.5, 0.6) is 5.75 Å². The Kier molecular flexibility index (Phi) is 5.82. The highest BCUT2D eigenvalue weighted by atomic mass is 35.5. The van der Waals surface area contributed by atoms with Crippen LogP contribution < -0.4 is 15.4 Å². The van der Waals surface area contributed by atoms with E-state index in [1.165, 1.54) is 13.2 Å². The third-order valence-electron chi connectivity index (χ3n) is 2.83. The summed E-state index contributed by atoms with van der Waals surface area (Å²) in [5, 5.41) is 5.74. The summed E-state index contributed by atoms with van der Waals surface area (Å²) in [5.74, 6) is 0.113. The molecule has 2 aromatic carbocycles. The summed E-state index contributed by atoms with van der Waals surface area (Å²) in [6.45, 7) is -0.00976. The van der Waals surface area contributed by atoms with Gasteiger partial charge in [-0.25, -0.2) is 9.59 Å². The van der Waals surface area contributed by atoms with E-state index >= 15 is 0 Å². The minimum absolute atomic E-state index is 0.00976. The van der Waals surface area contributed by atoms with Crippen molar-refractivity contribution in [2.75, 3.05) is 19.2 Å². The largest absolute Gasteiger partial charge is 0.473 e. The molecular weight excluding hydrogens is 320 g/mol. The van der Waals surface area contributed by atoms with Gasteiger partial charge < -0.3 is 20.1 Å². The maximum atomic E-state index is 11.8. The maximum absolute atomic E-state index is 11.8. The number of hydrogen-bond donors (Lipinski definition) is 2. The molecule has 2 aromatic rings. The highest BCUT2D eigenvalue weighted by Gasteiger charge is 2.07. The summed E-state index contributed by atoms with van der Waals surface area (Å²) in [4.78, 5) is 23.2. The van der Waals surface area contributed by atoms with E-state index in [0.29, 0.717) is 22.0 Å². The van der Waals surface area contributed by atoms with Gasteiger partial charge in [0.1, 0.15) is 5.75 Å². The predicted octanol–water partition coefficient (Wildman–Crippen LogP) is 3.28. The lowest BCUT2D eigenvalue weighted by Gasteiger charge is -2.10. The molecule has 23 heavy (non-hydrogen) atoms. The Morgan fingerprint density at radius 2 is 1.87 bits per heavy atom. The van der Waals surface area contributed by atoms with Crippen LogP contribution >= 0.6 is 11.6 Å². The van der Waals surface area contributed by atoms with Crippen LogP contribution in [-0.4, -0.2) is 25.8 Å². The number of ether oxygens (including phenoxy) is 2. The van der Waals surface area contributed by atoms with Crippen molar-refractivity contribution >= 4 is 29.3 Å². The average molecular weight is 335 g/mol.